The molecule has 1 amide bonds. The fourth-order valence-electron chi connectivity index (χ4n) is 4.73. The van der Waals surface area contributed by atoms with E-state index in [-0.39, 0.29) is 47.8 Å². The number of benzene rings is 2. The van der Waals surface area contributed by atoms with Gasteiger partial charge in [0.15, 0.2) is 9.84 Å². The molecule has 0 spiro atoms. The van der Waals surface area contributed by atoms with Crippen LogP contribution in [0.15, 0.2) is 54.4 Å². The predicted molar refractivity (Wildman–Crippen MR) is 194 cm³/mol. The molecule has 1 aliphatic rings. The molecule has 47 heavy (non-hydrogen) atoms. The highest BCUT2D eigenvalue weighted by atomic mass is 35.5. The van der Waals surface area contributed by atoms with Crippen LogP contribution < -0.4 is 26.0 Å². The maximum atomic E-state index is 12.6. The maximum absolute atomic E-state index is 12.6. The maximum Gasteiger partial charge on any atom is 0.251 e. The summed E-state index contributed by atoms with van der Waals surface area (Å²) in [7, 11) is -3.39. The highest BCUT2D eigenvalue weighted by Gasteiger charge is 2.26. The van der Waals surface area contributed by atoms with Gasteiger partial charge in [-0.25, -0.2) is 18.4 Å². The summed E-state index contributed by atoms with van der Waals surface area (Å²) in [4.78, 5) is 21.5. The second kappa shape index (κ2) is 16.8. The first-order chi connectivity index (χ1) is 21.1. The number of nitrogens with zero attached hydrogens (tertiary/aromatic N) is 2. The summed E-state index contributed by atoms with van der Waals surface area (Å²) in [5.41, 5.74) is 1.92. The molecule has 3 aromatic rings. The fourth-order valence-corrected chi connectivity index (χ4v) is 6.58. The average molecular weight is 730 g/mol. The normalized spacial score (nSPS) is 13.0. The molecule has 1 aromatic heterocycles. The molecule has 0 unspecified atom stereocenters. The molecule has 4 rings (SSSR count). The minimum absolute atomic E-state index is 0. The number of halogens is 3. The lowest BCUT2D eigenvalue weighted by Crippen LogP contribution is -2.46. The fraction of sp³-hybridized carbons (Fsp3) is 0.406. The van der Waals surface area contributed by atoms with Gasteiger partial charge < -0.3 is 31.1 Å². The number of sulfone groups is 1. The van der Waals surface area contributed by atoms with Crippen molar-refractivity contribution in [3.8, 4) is 11.5 Å². The van der Waals surface area contributed by atoms with Crippen LogP contribution in [0.4, 0.5) is 17.3 Å². The molecule has 15 heteroatoms. The smallest absolute Gasteiger partial charge is 0.251 e. The first-order valence-electron chi connectivity index (χ1n) is 14.6. The zero-order valence-corrected chi connectivity index (χ0v) is 30.2. The number of aromatic nitrogens is 2. The van der Waals surface area contributed by atoms with Gasteiger partial charge in [-0.3, -0.25) is 4.79 Å². The van der Waals surface area contributed by atoms with E-state index in [9.17, 15) is 13.2 Å². The molecular weight excluding hydrogens is 687 g/mol. The summed E-state index contributed by atoms with van der Waals surface area (Å²) < 4.78 is 30.5. The van der Waals surface area contributed by atoms with Crippen LogP contribution >= 0.6 is 36.4 Å². The van der Waals surface area contributed by atoms with Gasteiger partial charge in [0.05, 0.1) is 28.7 Å². The third-order valence-corrected chi connectivity index (χ3v) is 9.02. The largest absolute Gasteiger partial charge is 0.456 e. The van der Waals surface area contributed by atoms with Crippen molar-refractivity contribution >= 4 is 75.6 Å². The molecule has 5 N–H and O–H groups in total. The van der Waals surface area contributed by atoms with Gasteiger partial charge in [-0.1, -0.05) is 23.2 Å². The lowest BCUT2D eigenvalue weighted by molar-refractivity contribution is 0.0919. The van der Waals surface area contributed by atoms with Crippen molar-refractivity contribution in [1.29, 1.82) is 0 Å². The number of ether oxygens (including phenoxy) is 1. The SMILES string of the molecule is CC(C)(C)NC(=O)c1cccc(Oc2ccc(Nc3ncnc4c3C=C(CNC(C)(C)CS(=O)(=O)CCO)CCN4)cc2Cl)c1.Cl.Cl. The van der Waals surface area contributed by atoms with Gasteiger partial charge in [-0.05, 0) is 83.5 Å². The number of amides is 1. The minimum atomic E-state index is -3.39. The molecule has 0 aliphatic carbocycles. The summed E-state index contributed by atoms with van der Waals surface area (Å²) in [5, 5.41) is 22.4. The molecule has 0 bridgehead atoms. The van der Waals surface area contributed by atoms with Crippen LogP contribution in [0.25, 0.3) is 6.08 Å². The summed E-state index contributed by atoms with van der Waals surface area (Å²) in [6.45, 7) is 10.1. The third-order valence-electron chi connectivity index (χ3n) is 6.76. The van der Waals surface area contributed by atoms with E-state index in [4.69, 9.17) is 21.4 Å². The summed E-state index contributed by atoms with van der Waals surface area (Å²) in [5.74, 6) is 1.61. The van der Waals surface area contributed by atoms with Crippen molar-refractivity contribution in [3.63, 3.8) is 0 Å². The second-order valence-electron chi connectivity index (χ2n) is 12.6. The van der Waals surface area contributed by atoms with E-state index in [2.05, 4.69) is 31.2 Å². The number of carbonyl (C=O) groups is 1. The Morgan fingerprint density at radius 2 is 1.83 bits per heavy atom. The summed E-state index contributed by atoms with van der Waals surface area (Å²) in [6.07, 6.45) is 4.20. The van der Waals surface area contributed by atoms with Gasteiger partial charge >= 0.3 is 0 Å². The predicted octanol–water partition coefficient (Wildman–Crippen LogP) is 6.01. The Hall–Kier alpha value is -3.13. The number of rotatable bonds is 12. The molecule has 0 atom stereocenters. The Bertz CT molecular complexity index is 1680. The average Bonchev–Trinajstić information content (AvgIpc) is 3.15. The first kappa shape index (κ1) is 40.0. The van der Waals surface area contributed by atoms with E-state index in [1.165, 1.54) is 6.33 Å². The van der Waals surface area contributed by atoms with Crippen molar-refractivity contribution in [3.05, 3.63) is 70.5 Å². The van der Waals surface area contributed by atoms with Crippen molar-refractivity contribution in [2.24, 2.45) is 0 Å². The Kier molecular flexibility index (Phi) is 14.3. The van der Waals surface area contributed by atoms with Gasteiger partial charge in [0.2, 0.25) is 0 Å². The third kappa shape index (κ3) is 12.1. The van der Waals surface area contributed by atoms with Crippen molar-refractivity contribution < 1.29 is 23.1 Å². The van der Waals surface area contributed by atoms with Crippen LogP contribution in [0.5, 0.6) is 11.5 Å². The first-order valence-corrected chi connectivity index (χ1v) is 16.8. The molecule has 0 saturated carbocycles. The van der Waals surface area contributed by atoms with Crippen LogP contribution in [0.1, 0.15) is 57.0 Å². The van der Waals surface area contributed by atoms with E-state index < -0.39 is 22.0 Å². The lowest BCUT2D eigenvalue weighted by atomic mass is 10.1. The number of aliphatic hydroxyl groups excluding tert-OH is 1. The molecule has 2 heterocycles. The zero-order chi connectivity index (χ0) is 32.8. The van der Waals surface area contributed by atoms with Crippen LogP contribution in [0, 0.1) is 0 Å². The quantitative estimate of drug-likeness (QED) is 0.150. The highest BCUT2D eigenvalue weighted by molar-refractivity contribution is 7.91. The van der Waals surface area contributed by atoms with E-state index in [1.807, 2.05) is 46.8 Å². The molecule has 2 aromatic carbocycles. The van der Waals surface area contributed by atoms with Crippen LogP contribution in [-0.4, -0.2) is 71.7 Å². The van der Waals surface area contributed by atoms with Crippen molar-refractivity contribution in [2.45, 2.75) is 52.1 Å². The number of carbonyl (C=O) groups excluding carboxylic acids is 1. The standard InChI is InChI=1S/C32H41ClN6O5S.2ClH/c1-31(2,3)39-30(41)22-7-6-8-24(16-22)44-27-10-9-23(17-26(27)33)38-29-25-15-21(11-12-34-28(25)35-20-36-29)18-37-32(4,5)19-45(42,43)14-13-40;;/h6-10,15-17,20,37,40H,11-14,18-19H2,1-5H3,(H,39,41)(H2,34,35,36,38);2*1H. The zero-order valence-electron chi connectivity index (χ0n) is 27.0. The number of anilines is 3. The highest BCUT2D eigenvalue weighted by Crippen LogP contribution is 2.34. The topological polar surface area (TPSA) is 155 Å². The molecule has 258 valence electrons. The summed E-state index contributed by atoms with van der Waals surface area (Å²) >= 11 is 6.61. The molecule has 11 nitrogen and oxygen atoms in total. The Balaban J connectivity index is 0.00000384. The molecule has 1 aliphatic heterocycles. The Morgan fingerprint density at radius 1 is 1.09 bits per heavy atom. The van der Waals surface area contributed by atoms with Crippen LogP contribution in [-0.2, 0) is 9.84 Å². The molecular formula is C32H43Cl3N6O5S. The van der Waals surface area contributed by atoms with E-state index in [0.29, 0.717) is 52.5 Å². The monoisotopic (exact) mass is 728 g/mol. The van der Waals surface area contributed by atoms with Gasteiger partial charge in [-0.15, -0.1) is 24.8 Å². The summed E-state index contributed by atoms with van der Waals surface area (Å²) in [6, 6.07) is 12.2. The van der Waals surface area contributed by atoms with E-state index in [1.54, 1.807) is 36.4 Å². The molecule has 0 fully saturated rings. The lowest BCUT2D eigenvalue weighted by Gasteiger charge is -2.26. The number of hydrogen-bond donors (Lipinski definition) is 5. The van der Waals surface area contributed by atoms with Crippen molar-refractivity contribution in [1.82, 2.24) is 20.6 Å². The minimum Gasteiger partial charge on any atom is -0.456 e. The molecule has 0 saturated heterocycles. The number of nitrogens with one attached hydrogen (secondary N) is 4. The number of fused-ring (bicyclic) bond motifs is 1. The van der Waals surface area contributed by atoms with E-state index >= 15 is 0 Å². The van der Waals surface area contributed by atoms with Crippen LogP contribution in [0.2, 0.25) is 5.02 Å². The molecule has 0 radical (unpaired) electrons. The van der Waals surface area contributed by atoms with Gasteiger partial charge in [-0.2, -0.15) is 0 Å². The number of hydrogen-bond acceptors (Lipinski definition) is 10. The second-order valence-corrected chi connectivity index (χ2v) is 15.2. The Labute approximate surface area is 294 Å². The number of aliphatic hydroxyl groups is 1. The van der Waals surface area contributed by atoms with Gasteiger partial charge in [0.25, 0.3) is 5.91 Å². The van der Waals surface area contributed by atoms with Crippen molar-refractivity contribution in [2.75, 3.05) is 41.8 Å². The van der Waals surface area contributed by atoms with Crippen LogP contribution in [0.3, 0.4) is 0 Å². The van der Waals surface area contributed by atoms with Gasteiger partial charge in [0.1, 0.15) is 29.5 Å². The van der Waals surface area contributed by atoms with E-state index in [0.717, 1.165) is 17.6 Å². The van der Waals surface area contributed by atoms with Gasteiger partial charge in [0, 0.05) is 35.4 Å². The Morgan fingerprint density at radius 3 is 2.51 bits per heavy atom.